The standard InChI is InChI=1S/C17H18N2OS/c1-13-7-9-14(10-8-13)20-11-4-12-21-17-18-15-5-2-3-6-16(15)19-17/h2-3,5-10H,4,11-12H2,1H3,(H,18,19). The molecular weight excluding hydrogens is 280 g/mol. The van der Waals surface area contributed by atoms with Crippen LogP contribution in [0.25, 0.3) is 11.0 Å². The first kappa shape index (κ1) is 14.0. The molecule has 3 aromatic rings. The monoisotopic (exact) mass is 298 g/mol. The van der Waals surface area contributed by atoms with Gasteiger partial charge in [0, 0.05) is 5.75 Å². The van der Waals surface area contributed by atoms with Gasteiger partial charge in [0.25, 0.3) is 0 Å². The number of imidazole rings is 1. The Bertz CT molecular complexity index is 673. The van der Waals surface area contributed by atoms with E-state index in [4.69, 9.17) is 4.74 Å². The van der Waals surface area contributed by atoms with E-state index in [1.165, 1.54) is 5.56 Å². The third-order valence-corrected chi connectivity index (χ3v) is 4.14. The second-order valence-corrected chi connectivity index (χ2v) is 6.01. The van der Waals surface area contributed by atoms with Gasteiger partial charge < -0.3 is 9.72 Å². The van der Waals surface area contributed by atoms with Crippen LogP contribution < -0.4 is 4.74 Å². The van der Waals surface area contributed by atoms with Crippen LogP contribution in [0.1, 0.15) is 12.0 Å². The number of H-pyrrole nitrogens is 1. The molecule has 1 aromatic heterocycles. The fourth-order valence-corrected chi connectivity index (χ4v) is 2.85. The van der Waals surface area contributed by atoms with E-state index in [0.717, 1.165) is 40.7 Å². The number of aryl methyl sites for hydroxylation is 1. The summed E-state index contributed by atoms with van der Waals surface area (Å²) in [5, 5.41) is 0.978. The van der Waals surface area contributed by atoms with E-state index in [-0.39, 0.29) is 0 Å². The molecule has 0 aliphatic carbocycles. The Balaban J connectivity index is 1.42. The van der Waals surface area contributed by atoms with Gasteiger partial charge in [-0.2, -0.15) is 0 Å². The van der Waals surface area contributed by atoms with Gasteiger partial charge in [-0.15, -0.1) is 0 Å². The van der Waals surface area contributed by atoms with E-state index in [0.29, 0.717) is 0 Å². The van der Waals surface area contributed by atoms with Crippen molar-refractivity contribution in [2.75, 3.05) is 12.4 Å². The average molecular weight is 298 g/mol. The second kappa shape index (κ2) is 6.68. The molecule has 0 saturated heterocycles. The first-order chi connectivity index (χ1) is 10.3. The first-order valence-electron chi connectivity index (χ1n) is 7.08. The van der Waals surface area contributed by atoms with Gasteiger partial charge in [0.1, 0.15) is 5.75 Å². The average Bonchev–Trinajstić information content (AvgIpc) is 2.91. The topological polar surface area (TPSA) is 37.9 Å². The van der Waals surface area contributed by atoms with Crippen LogP contribution in [0, 0.1) is 6.92 Å². The van der Waals surface area contributed by atoms with Gasteiger partial charge in [0.2, 0.25) is 0 Å². The lowest BCUT2D eigenvalue weighted by Crippen LogP contribution is -1.98. The molecule has 0 amide bonds. The molecule has 4 heteroatoms. The van der Waals surface area contributed by atoms with Crippen molar-refractivity contribution in [2.24, 2.45) is 0 Å². The van der Waals surface area contributed by atoms with E-state index >= 15 is 0 Å². The van der Waals surface area contributed by atoms with Crippen LogP contribution in [-0.4, -0.2) is 22.3 Å². The van der Waals surface area contributed by atoms with E-state index in [1.54, 1.807) is 11.8 Å². The molecule has 0 aliphatic rings. The highest BCUT2D eigenvalue weighted by molar-refractivity contribution is 7.99. The van der Waals surface area contributed by atoms with Crippen molar-refractivity contribution in [3.05, 3.63) is 54.1 Å². The quantitative estimate of drug-likeness (QED) is 0.540. The lowest BCUT2D eigenvalue weighted by molar-refractivity contribution is 0.318. The molecule has 0 atom stereocenters. The van der Waals surface area contributed by atoms with Gasteiger partial charge >= 0.3 is 0 Å². The summed E-state index contributed by atoms with van der Waals surface area (Å²) in [7, 11) is 0. The van der Waals surface area contributed by atoms with E-state index in [9.17, 15) is 0 Å². The maximum Gasteiger partial charge on any atom is 0.166 e. The highest BCUT2D eigenvalue weighted by Crippen LogP contribution is 2.20. The normalized spacial score (nSPS) is 10.9. The number of rotatable bonds is 6. The second-order valence-electron chi connectivity index (χ2n) is 4.92. The number of ether oxygens (including phenoxy) is 1. The minimum absolute atomic E-state index is 0.732. The molecule has 2 aromatic carbocycles. The maximum atomic E-state index is 5.71. The molecule has 0 fully saturated rings. The van der Waals surface area contributed by atoms with Crippen molar-refractivity contribution in [3.63, 3.8) is 0 Å². The zero-order valence-electron chi connectivity index (χ0n) is 12.0. The Morgan fingerprint density at radius 1 is 1.10 bits per heavy atom. The highest BCUT2D eigenvalue weighted by atomic mass is 32.2. The van der Waals surface area contributed by atoms with Gasteiger partial charge in [-0.05, 0) is 37.6 Å². The van der Waals surface area contributed by atoms with E-state index in [2.05, 4.69) is 29.0 Å². The Labute approximate surface area is 128 Å². The van der Waals surface area contributed by atoms with Gasteiger partial charge in [0.05, 0.1) is 17.6 Å². The lowest BCUT2D eigenvalue weighted by Gasteiger charge is -2.05. The highest BCUT2D eigenvalue weighted by Gasteiger charge is 2.02. The minimum Gasteiger partial charge on any atom is -0.494 e. The van der Waals surface area contributed by atoms with Crippen molar-refractivity contribution in [2.45, 2.75) is 18.5 Å². The minimum atomic E-state index is 0.732. The molecule has 0 spiro atoms. The van der Waals surface area contributed by atoms with Crippen LogP contribution in [0.3, 0.4) is 0 Å². The number of fused-ring (bicyclic) bond motifs is 1. The molecule has 21 heavy (non-hydrogen) atoms. The van der Waals surface area contributed by atoms with Crippen LogP contribution in [0.4, 0.5) is 0 Å². The third kappa shape index (κ3) is 3.79. The molecule has 1 heterocycles. The van der Waals surface area contributed by atoms with E-state index in [1.807, 2.05) is 36.4 Å². The van der Waals surface area contributed by atoms with Crippen LogP contribution in [-0.2, 0) is 0 Å². The zero-order valence-corrected chi connectivity index (χ0v) is 12.8. The molecule has 0 radical (unpaired) electrons. The van der Waals surface area contributed by atoms with E-state index < -0.39 is 0 Å². The van der Waals surface area contributed by atoms with Crippen LogP contribution in [0.5, 0.6) is 5.75 Å². The van der Waals surface area contributed by atoms with Gasteiger partial charge in [-0.25, -0.2) is 4.98 Å². The molecule has 0 unspecified atom stereocenters. The van der Waals surface area contributed by atoms with Crippen molar-refractivity contribution in [1.29, 1.82) is 0 Å². The van der Waals surface area contributed by atoms with Crippen molar-refractivity contribution in [3.8, 4) is 5.75 Å². The summed E-state index contributed by atoms with van der Waals surface area (Å²) in [4.78, 5) is 7.87. The Kier molecular flexibility index (Phi) is 4.46. The summed E-state index contributed by atoms with van der Waals surface area (Å²) in [6.07, 6.45) is 0.996. The van der Waals surface area contributed by atoms with Gasteiger partial charge in [-0.3, -0.25) is 0 Å². The molecule has 3 rings (SSSR count). The molecule has 0 bridgehead atoms. The summed E-state index contributed by atoms with van der Waals surface area (Å²) in [5.41, 5.74) is 3.37. The van der Waals surface area contributed by atoms with Crippen molar-refractivity contribution >= 4 is 22.8 Å². The number of nitrogens with zero attached hydrogens (tertiary/aromatic N) is 1. The summed E-state index contributed by atoms with van der Waals surface area (Å²) >= 11 is 1.74. The molecule has 108 valence electrons. The van der Waals surface area contributed by atoms with Gasteiger partial charge in [0.15, 0.2) is 5.16 Å². The zero-order chi connectivity index (χ0) is 14.5. The number of thioether (sulfide) groups is 1. The Hall–Kier alpha value is -1.94. The third-order valence-electron chi connectivity index (χ3n) is 3.18. The number of hydrogen-bond donors (Lipinski definition) is 1. The molecule has 1 N–H and O–H groups in total. The number of nitrogens with one attached hydrogen (secondary N) is 1. The molecule has 0 aliphatic heterocycles. The Morgan fingerprint density at radius 3 is 2.71 bits per heavy atom. The number of benzene rings is 2. The summed E-state index contributed by atoms with van der Waals surface area (Å²) in [6, 6.07) is 16.3. The predicted molar refractivity (Wildman–Crippen MR) is 88.1 cm³/mol. The SMILES string of the molecule is Cc1ccc(OCCCSc2nc3ccccc3[nH]2)cc1. The number of aromatic amines is 1. The van der Waals surface area contributed by atoms with Crippen molar-refractivity contribution in [1.82, 2.24) is 9.97 Å². The summed E-state index contributed by atoms with van der Waals surface area (Å²) in [6.45, 7) is 2.81. The molecule has 3 nitrogen and oxygen atoms in total. The summed E-state index contributed by atoms with van der Waals surface area (Å²) in [5.74, 6) is 1.93. The van der Waals surface area contributed by atoms with Crippen molar-refractivity contribution < 1.29 is 4.74 Å². The summed E-state index contributed by atoms with van der Waals surface area (Å²) < 4.78 is 5.71. The number of para-hydroxylation sites is 2. The fraction of sp³-hybridized carbons (Fsp3) is 0.235. The molecule has 0 saturated carbocycles. The predicted octanol–water partition coefficient (Wildman–Crippen LogP) is 4.43. The fourth-order valence-electron chi connectivity index (χ4n) is 2.05. The lowest BCUT2D eigenvalue weighted by atomic mass is 10.2. The molecular formula is C17H18N2OS. The van der Waals surface area contributed by atoms with Crippen LogP contribution in [0.15, 0.2) is 53.7 Å². The smallest absolute Gasteiger partial charge is 0.166 e. The van der Waals surface area contributed by atoms with Crippen LogP contribution >= 0.6 is 11.8 Å². The Morgan fingerprint density at radius 2 is 1.90 bits per heavy atom. The number of hydrogen-bond acceptors (Lipinski definition) is 3. The largest absolute Gasteiger partial charge is 0.494 e. The number of aromatic nitrogens is 2. The van der Waals surface area contributed by atoms with Crippen LogP contribution in [0.2, 0.25) is 0 Å². The first-order valence-corrected chi connectivity index (χ1v) is 8.07. The maximum absolute atomic E-state index is 5.71. The van der Waals surface area contributed by atoms with Gasteiger partial charge in [-0.1, -0.05) is 41.6 Å².